The topological polar surface area (TPSA) is 199 Å². The summed E-state index contributed by atoms with van der Waals surface area (Å²) < 4.78 is 48.9. The summed E-state index contributed by atoms with van der Waals surface area (Å²) in [4.78, 5) is 65.7. The predicted octanol–water partition coefficient (Wildman–Crippen LogP) is 4.96. The molecule has 0 radical (unpaired) electrons. The molecule has 330 valence electrons. The van der Waals surface area contributed by atoms with Gasteiger partial charge in [-0.3, -0.25) is 43.2 Å². The number of piperidine rings is 1. The van der Waals surface area contributed by atoms with Gasteiger partial charge in [-0.25, -0.2) is 18.6 Å². The standard InChI is InChI=1S/C43H44F3N9O5.CH2O2/c1-51-35-17-24(6-11-33(35)55(43(51)60)34-12-13-37(56)49-42(34)59)3-2-14-52-15-16-53-22-32(48-36(53)23-52)26-7-8-27-21-54(50-31(27)18-26)28-9-4-25(5-10-28)20-47-41(58)29-19-30(44)40(57)39(46)38(29)45;2-1-3/h6-8,11,17-19,21-22,25,28,34,57H,2-5,9-10,12-16,20,23H2,1H3,(H,47,58)(H,49,56,59);1H,(H,2,3)/t25?,28?,34-;/m1./s1. The first-order chi connectivity index (χ1) is 30.3. The second kappa shape index (κ2) is 17.9. The summed E-state index contributed by atoms with van der Waals surface area (Å²) in [5.41, 5.74) is 4.25. The van der Waals surface area contributed by atoms with Crippen LogP contribution < -0.4 is 16.3 Å². The Kier molecular flexibility index (Phi) is 12.2. The first kappa shape index (κ1) is 42.9. The van der Waals surface area contributed by atoms with Gasteiger partial charge in [0.15, 0.2) is 17.4 Å². The van der Waals surface area contributed by atoms with Crippen LogP contribution in [0.4, 0.5) is 13.2 Å². The van der Waals surface area contributed by atoms with Crippen molar-refractivity contribution in [2.24, 2.45) is 13.0 Å². The van der Waals surface area contributed by atoms with Crippen LogP contribution in [0.3, 0.4) is 0 Å². The number of halogens is 3. The lowest BCUT2D eigenvalue weighted by Gasteiger charge is -2.28. The van der Waals surface area contributed by atoms with Gasteiger partial charge in [0, 0.05) is 56.4 Å². The van der Waals surface area contributed by atoms with Crippen molar-refractivity contribution in [3.63, 3.8) is 0 Å². The number of phenols is 1. The minimum atomic E-state index is -1.79. The highest BCUT2D eigenvalue weighted by atomic mass is 19.2. The van der Waals surface area contributed by atoms with Crippen LogP contribution >= 0.6 is 0 Å². The Hall–Kier alpha value is -6.76. The zero-order valence-electron chi connectivity index (χ0n) is 34.4. The molecule has 19 heteroatoms. The number of nitrogens with zero attached hydrogens (tertiary/aromatic N) is 7. The van der Waals surface area contributed by atoms with Crippen molar-refractivity contribution in [1.82, 2.24) is 44.0 Å². The SMILES string of the molecule is Cn1c(=O)n([C@@H]2CCC(=O)NC2=O)c2ccc(CCCN3CCn4cc(-c5ccc6cn(C7CCC(CNC(=O)c8cc(F)c(O)c(F)c8F)CC7)nc6c5)nc4C3)cc21.O=CO. The first-order valence-electron chi connectivity index (χ1n) is 20.9. The van der Waals surface area contributed by atoms with Gasteiger partial charge < -0.3 is 20.1 Å². The van der Waals surface area contributed by atoms with Crippen molar-refractivity contribution < 1.29 is 42.6 Å². The average Bonchev–Trinajstić information content (AvgIpc) is 3.97. The molecule has 4 N–H and O–H groups in total. The van der Waals surface area contributed by atoms with E-state index in [1.165, 1.54) is 4.57 Å². The third-order valence-electron chi connectivity index (χ3n) is 12.4. The molecule has 9 rings (SSSR count). The Bertz CT molecular complexity index is 2800. The Morgan fingerprint density at radius 2 is 1.75 bits per heavy atom. The van der Waals surface area contributed by atoms with Crippen LogP contribution in [0.2, 0.25) is 0 Å². The molecule has 1 saturated carbocycles. The molecular formula is C44H46F3N9O7. The van der Waals surface area contributed by atoms with Gasteiger partial charge in [0.1, 0.15) is 11.9 Å². The number of imide groups is 1. The summed E-state index contributed by atoms with van der Waals surface area (Å²) in [7, 11) is 1.71. The number of aromatic nitrogens is 6. The van der Waals surface area contributed by atoms with Crippen molar-refractivity contribution in [3.05, 3.63) is 99.7 Å². The monoisotopic (exact) mass is 869 g/mol. The van der Waals surface area contributed by atoms with Crippen LogP contribution in [0.25, 0.3) is 33.2 Å². The quantitative estimate of drug-likeness (QED) is 0.0829. The Balaban J connectivity index is 0.00000177. The van der Waals surface area contributed by atoms with Crippen molar-refractivity contribution >= 4 is 46.1 Å². The van der Waals surface area contributed by atoms with Crippen molar-refractivity contribution in [2.75, 3.05) is 19.6 Å². The summed E-state index contributed by atoms with van der Waals surface area (Å²) >= 11 is 0. The maximum atomic E-state index is 14.2. The molecule has 1 aliphatic carbocycles. The van der Waals surface area contributed by atoms with E-state index in [1.807, 2.05) is 22.9 Å². The number of imidazole rings is 2. The number of hydrogen-bond donors (Lipinski definition) is 4. The van der Waals surface area contributed by atoms with E-state index in [0.29, 0.717) is 18.0 Å². The average molecular weight is 870 g/mol. The molecule has 0 spiro atoms. The lowest BCUT2D eigenvalue weighted by atomic mass is 9.86. The second-order valence-corrected chi connectivity index (χ2v) is 16.4. The highest BCUT2D eigenvalue weighted by molar-refractivity contribution is 6.00. The van der Waals surface area contributed by atoms with Crippen LogP contribution in [0.15, 0.2) is 59.7 Å². The molecular weight excluding hydrogens is 824 g/mol. The number of carbonyl (C=O) groups excluding carboxylic acids is 3. The molecule has 3 aromatic heterocycles. The summed E-state index contributed by atoms with van der Waals surface area (Å²) in [5, 5.41) is 27.0. The van der Waals surface area contributed by atoms with Gasteiger partial charge in [0.25, 0.3) is 12.4 Å². The molecule has 6 aromatic rings. The van der Waals surface area contributed by atoms with Crippen molar-refractivity contribution in [3.8, 4) is 17.0 Å². The van der Waals surface area contributed by atoms with Crippen molar-refractivity contribution in [1.29, 1.82) is 0 Å². The number of hydrogen-bond acceptors (Lipinski definition) is 9. The minimum Gasteiger partial charge on any atom is -0.503 e. The number of carboxylic acid groups (broad SMARTS) is 1. The Labute approximate surface area is 357 Å². The molecule has 0 bridgehead atoms. The third kappa shape index (κ3) is 8.69. The fourth-order valence-corrected chi connectivity index (χ4v) is 9.01. The van der Waals surface area contributed by atoms with Crippen LogP contribution in [-0.2, 0) is 40.9 Å². The van der Waals surface area contributed by atoms with Crippen LogP contribution in [0.5, 0.6) is 5.75 Å². The van der Waals surface area contributed by atoms with E-state index >= 15 is 0 Å². The Morgan fingerprint density at radius 1 is 0.968 bits per heavy atom. The number of nitrogens with one attached hydrogen (secondary N) is 2. The summed E-state index contributed by atoms with van der Waals surface area (Å²) in [5.74, 6) is -6.79. The number of phenolic OH excluding ortho intramolecular Hbond substituents is 1. The summed E-state index contributed by atoms with van der Waals surface area (Å²) in [6, 6.07) is 12.1. The van der Waals surface area contributed by atoms with E-state index in [4.69, 9.17) is 20.0 Å². The molecule has 5 heterocycles. The van der Waals surface area contributed by atoms with Gasteiger partial charge in [-0.15, -0.1) is 0 Å². The van der Waals surface area contributed by atoms with Gasteiger partial charge in [-0.2, -0.15) is 9.49 Å². The van der Waals surface area contributed by atoms with E-state index in [0.717, 1.165) is 104 Å². The number of rotatable bonds is 10. The molecule has 0 unspecified atom stereocenters. The van der Waals surface area contributed by atoms with E-state index in [-0.39, 0.29) is 43.0 Å². The van der Waals surface area contributed by atoms with E-state index < -0.39 is 46.6 Å². The largest absolute Gasteiger partial charge is 0.503 e. The van der Waals surface area contributed by atoms with Gasteiger partial charge in [0.05, 0.1) is 40.4 Å². The minimum absolute atomic E-state index is 0.112. The molecule has 1 atom stereocenters. The van der Waals surface area contributed by atoms with E-state index in [2.05, 4.69) is 50.7 Å². The molecule has 2 fully saturated rings. The highest BCUT2D eigenvalue weighted by Crippen LogP contribution is 2.34. The van der Waals surface area contributed by atoms with Gasteiger partial charge >= 0.3 is 5.69 Å². The van der Waals surface area contributed by atoms with Gasteiger partial charge in [0.2, 0.25) is 17.6 Å². The molecule has 3 aromatic carbocycles. The third-order valence-corrected chi connectivity index (χ3v) is 12.4. The van der Waals surface area contributed by atoms with Gasteiger partial charge in [-0.1, -0.05) is 18.2 Å². The molecule has 1 saturated heterocycles. The number of aromatic hydroxyl groups is 1. The molecule has 63 heavy (non-hydrogen) atoms. The lowest BCUT2D eigenvalue weighted by molar-refractivity contribution is -0.135. The number of carbonyl (C=O) groups is 4. The van der Waals surface area contributed by atoms with Crippen LogP contribution in [-0.4, -0.2) is 87.4 Å². The predicted molar refractivity (Wildman–Crippen MR) is 223 cm³/mol. The fourth-order valence-electron chi connectivity index (χ4n) is 9.01. The number of amides is 3. The molecule has 2 aliphatic heterocycles. The highest BCUT2D eigenvalue weighted by Gasteiger charge is 2.32. The number of fused-ring (bicyclic) bond motifs is 3. The lowest BCUT2D eigenvalue weighted by Crippen LogP contribution is -2.44. The van der Waals surface area contributed by atoms with E-state index in [9.17, 15) is 37.5 Å². The number of benzene rings is 3. The number of aryl methyl sites for hydroxylation is 2. The van der Waals surface area contributed by atoms with Crippen LogP contribution in [0, 0.1) is 23.4 Å². The van der Waals surface area contributed by atoms with E-state index in [1.54, 1.807) is 11.6 Å². The second-order valence-electron chi connectivity index (χ2n) is 16.4. The zero-order chi connectivity index (χ0) is 44.5. The first-order valence-corrected chi connectivity index (χ1v) is 20.9. The molecule has 16 nitrogen and oxygen atoms in total. The van der Waals surface area contributed by atoms with Crippen molar-refractivity contribution in [2.45, 2.75) is 76.5 Å². The smallest absolute Gasteiger partial charge is 0.329 e. The maximum Gasteiger partial charge on any atom is 0.329 e. The van der Waals surface area contributed by atoms with Crippen LogP contribution in [0.1, 0.15) is 78.8 Å². The molecule has 3 amide bonds. The zero-order valence-corrected chi connectivity index (χ0v) is 34.4. The maximum absolute atomic E-state index is 14.2. The fraction of sp³-hybridized carbons (Fsp3) is 0.386. The summed E-state index contributed by atoms with van der Waals surface area (Å²) in [6.07, 6.45) is 9.61. The van der Waals surface area contributed by atoms with Gasteiger partial charge in [-0.05, 0) is 87.2 Å². The molecule has 3 aliphatic rings. The Morgan fingerprint density at radius 3 is 2.51 bits per heavy atom. The normalized spacial score (nSPS) is 19.1. The summed E-state index contributed by atoms with van der Waals surface area (Å²) in [6.45, 7) is 3.34.